The van der Waals surface area contributed by atoms with Crippen molar-refractivity contribution in [1.82, 2.24) is 5.06 Å². The van der Waals surface area contributed by atoms with Gasteiger partial charge in [-0.3, -0.25) is 9.40 Å². The minimum absolute atomic E-state index is 0.206. The smallest absolute Gasteiger partial charge is 0.322 e. The molecule has 0 aliphatic heterocycles. The number of benzene rings is 2. The lowest BCUT2D eigenvalue weighted by Crippen LogP contribution is -2.37. The Morgan fingerprint density at radius 2 is 1.38 bits per heavy atom. The van der Waals surface area contributed by atoms with Crippen molar-refractivity contribution in [3.05, 3.63) is 71.8 Å². The molecule has 130 valence electrons. The number of hydroxylamine groups is 2. The Morgan fingerprint density at radius 3 is 1.71 bits per heavy atom. The van der Waals surface area contributed by atoms with E-state index in [0.717, 1.165) is 11.1 Å². The van der Waals surface area contributed by atoms with Crippen molar-refractivity contribution in [2.24, 2.45) is 0 Å². The van der Waals surface area contributed by atoms with Gasteiger partial charge >= 0.3 is 7.60 Å². The molecule has 2 aromatic carbocycles. The summed E-state index contributed by atoms with van der Waals surface area (Å²) in [5, 5.41) is 0.0732. The van der Waals surface area contributed by atoms with Crippen LogP contribution in [0, 0.1) is 0 Å². The van der Waals surface area contributed by atoms with Crippen LogP contribution < -0.4 is 0 Å². The van der Waals surface area contributed by atoms with Gasteiger partial charge in [0.2, 0.25) is 0 Å². The van der Waals surface area contributed by atoms with Crippen LogP contribution in [0.5, 0.6) is 0 Å². The summed E-state index contributed by atoms with van der Waals surface area (Å²) in [4.78, 5) is 25.2. The molecule has 24 heavy (non-hydrogen) atoms. The Kier molecular flexibility index (Phi) is 6.33. The van der Waals surface area contributed by atoms with Crippen LogP contribution in [-0.2, 0) is 22.5 Å². The molecule has 2 rings (SSSR count). The Bertz CT molecular complexity index is 632. The number of rotatable bonds is 8. The number of nitrogens with zero attached hydrogens (tertiary/aromatic N) is 1. The second-order valence-corrected chi connectivity index (χ2v) is 7.97. The van der Waals surface area contributed by atoms with E-state index in [0.29, 0.717) is 13.1 Å². The molecule has 6 heteroatoms. The van der Waals surface area contributed by atoms with Gasteiger partial charge in [-0.25, -0.2) is 0 Å². The van der Waals surface area contributed by atoms with Crippen LogP contribution in [0.1, 0.15) is 31.4 Å². The number of hydrogen-bond donors (Lipinski definition) is 2. The highest BCUT2D eigenvalue weighted by Gasteiger charge is 2.44. The van der Waals surface area contributed by atoms with Crippen molar-refractivity contribution < 1.29 is 19.2 Å². The minimum atomic E-state index is -4.41. The highest BCUT2D eigenvalue weighted by Crippen LogP contribution is 2.53. The second-order valence-electron chi connectivity index (χ2n) is 5.93. The van der Waals surface area contributed by atoms with Crippen LogP contribution in [0.3, 0.4) is 0 Å². The third-order valence-electron chi connectivity index (χ3n) is 4.00. The van der Waals surface area contributed by atoms with Gasteiger partial charge in [0.05, 0.1) is 0 Å². The van der Waals surface area contributed by atoms with Gasteiger partial charge < -0.3 is 9.79 Å². The zero-order valence-corrected chi connectivity index (χ0v) is 14.9. The van der Waals surface area contributed by atoms with Crippen LogP contribution in [-0.4, -0.2) is 20.2 Å². The van der Waals surface area contributed by atoms with Crippen molar-refractivity contribution in [3.8, 4) is 0 Å². The predicted octanol–water partition coefficient (Wildman–Crippen LogP) is 3.92. The zero-order valence-electron chi connectivity index (χ0n) is 14.0. The molecule has 0 amide bonds. The molecule has 0 saturated heterocycles. The normalized spacial score (nSPS) is 14.5. The van der Waals surface area contributed by atoms with E-state index in [-0.39, 0.29) is 6.42 Å². The fraction of sp³-hybridized carbons (Fsp3) is 0.333. The first-order valence-corrected chi connectivity index (χ1v) is 9.53. The first-order valence-electron chi connectivity index (χ1n) is 7.91. The molecule has 1 atom stereocenters. The summed E-state index contributed by atoms with van der Waals surface area (Å²) in [5.74, 6) is 0. The van der Waals surface area contributed by atoms with E-state index in [2.05, 4.69) is 0 Å². The van der Waals surface area contributed by atoms with Gasteiger partial charge in [0.15, 0.2) is 5.34 Å². The van der Waals surface area contributed by atoms with E-state index in [9.17, 15) is 14.4 Å². The van der Waals surface area contributed by atoms with E-state index >= 15 is 0 Å². The molecule has 0 aliphatic rings. The van der Waals surface area contributed by atoms with Gasteiger partial charge in [-0.1, -0.05) is 67.6 Å². The van der Waals surface area contributed by atoms with Crippen LogP contribution in [0.25, 0.3) is 0 Å². The highest BCUT2D eigenvalue weighted by molar-refractivity contribution is 7.53. The standard InChI is InChI=1S/C18H24NO4P/c1-3-18(2,24(20,21)22)23-19(14-16-10-6-4-7-11-16)15-17-12-8-5-9-13-17/h4-13H,3,14-15H2,1-2H3,(H2,20,21,22). The van der Waals surface area contributed by atoms with E-state index in [4.69, 9.17) is 4.84 Å². The third-order valence-corrected chi connectivity index (χ3v) is 5.63. The predicted molar refractivity (Wildman–Crippen MR) is 94.0 cm³/mol. The Balaban J connectivity index is 2.23. The van der Waals surface area contributed by atoms with Crippen molar-refractivity contribution in [1.29, 1.82) is 0 Å². The maximum absolute atomic E-state index is 11.9. The fourth-order valence-electron chi connectivity index (χ4n) is 2.30. The van der Waals surface area contributed by atoms with Crippen LogP contribution >= 0.6 is 7.60 Å². The molecule has 5 nitrogen and oxygen atoms in total. The summed E-state index contributed by atoms with van der Waals surface area (Å²) < 4.78 is 11.9. The van der Waals surface area contributed by atoms with Crippen molar-refractivity contribution in [3.63, 3.8) is 0 Å². The van der Waals surface area contributed by atoms with Gasteiger partial charge in [0, 0.05) is 13.1 Å². The van der Waals surface area contributed by atoms with Gasteiger partial charge in [-0.2, -0.15) is 5.06 Å². The quantitative estimate of drug-likeness (QED) is 0.558. The monoisotopic (exact) mass is 349 g/mol. The zero-order chi connectivity index (χ0) is 17.6. The summed E-state index contributed by atoms with van der Waals surface area (Å²) in [6.45, 7) is 4.04. The molecular weight excluding hydrogens is 325 g/mol. The molecule has 1 unspecified atom stereocenters. The fourth-order valence-corrected chi connectivity index (χ4v) is 2.93. The second kappa shape index (κ2) is 8.06. The number of hydrogen-bond acceptors (Lipinski definition) is 3. The van der Waals surface area contributed by atoms with Crippen LogP contribution in [0.2, 0.25) is 0 Å². The Labute approximate surface area is 143 Å². The third kappa shape index (κ3) is 5.00. The first kappa shape index (κ1) is 18.8. The summed E-state index contributed by atoms with van der Waals surface area (Å²) in [7, 11) is -4.41. The van der Waals surface area contributed by atoms with E-state index < -0.39 is 12.9 Å². The van der Waals surface area contributed by atoms with Crippen molar-refractivity contribution in [2.45, 2.75) is 38.7 Å². The van der Waals surface area contributed by atoms with Gasteiger partial charge in [-0.15, -0.1) is 0 Å². The SMILES string of the molecule is CCC(C)(ON(Cc1ccccc1)Cc1ccccc1)P(=O)(O)O. The lowest BCUT2D eigenvalue weighted by atomic mass is 10.2. The van der Waals surface area contributed by atoms with Gasteiger partial charge in [-0.05, 0) is 24.5 Å². The molecule has 0 fully saturated rings. The van der Waals surface area contributed by atoms with E-state index in [1.54, 1.807) is 12.0 Å². The topological polar surface area (TPSA) is 70.0 Å². The molecule has 0 heterocycles. The molecule has 0 bridgehead atoms. The molecule has 0 aliphatic carbocycles. The summed E-state index contributed by atoms with van der Waals surface area (Å²) in [6, 6.07) is 19.4. The van der Waals surface area contributed by atoms with Gasteiger partial charge in [0.25, 0.3) is 0 Å². The highest BCUT2D eigenvalue weighted by atomic mass is 31.2. The Hall–Kier alpha value is -1.49. The van der Waals surface area contributed by atoms with Crippen molar-refractivity contribution >= 4 is 7.60 Å². The largest absolute Gasteiger partial charge is 0.358 e. The molecule has 0 radical (unpaired) electrons. The Morgan fingerprint density at radius 1 is 0.958 bits per heavy atom. The summed E-state index contributed by atoms with van der Waals surface area (Å²) in [5.41, 5.74) is 2.02. The average molecular weight is 349 g/mol. The van der Waals surface area contributed by atoms with Crippen molar-refractivity contribution in [2.75, 3.05) is 0 Å². The molecular formula is C18H24NO4P. The van der Waals surface area contributed by atoms with E-state index in [1.807, 2.05) is 60.7 Å². The maximum atomic E-state index is 11.9. The average Bonchev–Trinajstić information content (AvgIpc) is 2.55. The first-order chi connectivity index (χ1) is 11.3. The molecule has 0 aromatic heterocycles. The van der Waals surface area contributed by atoms with Crippen LogP contribution in [0.4, 0.5) is 0 Å². The summed E-state index contributed by atoms with van der Waals surface area (Å²) >= 11 is 0. The van der Waals surface area contributed by atoms with E-state index in [1.165, 1.54) is 6.92 Å². The lowest BCUT2D eigenvalue weighted by Gasteiger charge is -2.35. The van der Waals surface area contributed by atoms with Crippen LogP contribution in [0.15, 0.2) is 60.7 Å². The van der Waals surface area contributed by atoms with Gasteiger partial charge in [0.1, 0.15) is 0 Å². The molecule has 2 N–H and O–H groups in total. The molecule has 0 saturated carbocycles. The minimum Gasteiger partial charge on any atom is -0.322 e. The lowest BCUT2D eigenvalue weighted by molar-refractivity contribution is -0.229. The maximum Gasteiger partial charge on any atom is 0.358 e. The molecule has 0 spiro atoms. The summed E-state index contributed by atoms with van der Waals surface area (Å²) in [6.07, 6.45) is 0.206. The molecule has 2 aromatic rings.